The van der Waals surface area contributed by atoms with Crippen LogP contribution in [0.2, 0.25) is 0 Å². The van der Waals surface area contributed by atoms with E-state index in [0.29, 0.717) is 11.9 Å². The summed E-state index contributed by atoms with van der Waals surface area (Å²) in [5.74, 6) is -0.206. The van der Waals surface area contributed by atoms with Gasteiger partial charge in [0.25, 0.3) is 0 Å². The van der Waals surface area contributed by atoms with Gasteiger partial charge in [0.05, 0.1) is 6.61 Å². The monoisotopic (exact) mass is 176 g/mol. The number of rotatable bonds is 5. The number of hydrogen-bond donors (Lipinski definition) is 1. The molecule has 0 aliphatic heterocycles. The molecule has 0 spiro atoms. The fraction of sp³-hybridized carbons (Fsp3) is 0.875. The quantitative estimate of drug-likeness (QED) is 0.512. The summed E-state index contributed by atoms with van der Waals surface area (Å²) < 4.78 is 4.77. The van der Waals surface area contributed by atoms with Crippen LogP contribution in [0.25, 0.3) is 0 Å². The second-order valence-electron chi connectivity index (χ2n) is 2.57. The van der Waals surface area contributed by atoms with Gasteiger partial charge in [0.2, 0.25) is 0 Å². The standard InChI is InChI=1S/C8H16O2S/c1-3-4-8(11)5-6-10-7(2)9/h8,11H,3-6H2,1-2H3/t8-/m0/s1. The highest BCUT2D eigenvalue weighted by molar-refractivity contribution is 7.80. The second-order valence-corrected chi connectivity index (χ2v) is 3.30. The van der Waals surface area contributed by atoms with E-state index in [4.69, 9.17) is 4.74 Å². The molecule has 2 nitrogen and oxygen atoms in total. The zero-order valence-electron chi connectivity index (χ0n) is 7.17. The molecule has 66 valence electrons. The van der Waals surface area contributed by atoms with Crippen LogP contribution in [0, 0.1) is 0 Å². The van der Waals surface area contributed by atoms with E-state index >= 15 is 0 Å². The average Bonchev–Trinajstić information content (AvgIpc) is 1.87. The van der Waals surface area contributed by atoms with Crippen LogP contribution in [-0.2, 0) is 9.53 Å². The van der Waals surface area contributed by atoms with Crippen molar-refractivity contribution in [3.63, 3.8) is 0 Å². The minimum atomic E-state index is -0.206. The Morgan fingerprint density at radius 3 is 2.64 bits per heavy atom. The number of esters is 1. The van der Waals surface area contributed by atoms with Gasteiger partial charge in [0, 0.05) is 12.2 Å². The highest BCUT2D eigenvalue weighted by Crippen LogP contribution is 2.08. The molecule has 0 heterocycles. The molecule has 3 heteroatoms. The molecule has 0 saturated heterocycles. The number of hydrogen-bond acceptors (Lipinski definition) is 3. The van der Waals surface area contributed by atoms with Crippen molar-refractivity contribution in [2.24, 2.45) is 0 Å². The average molecular weight is 176 g/mol. The van der Waals surface area contributed by atoms with Crippen molar-refractivity contribution < 1.29 is 9.53 Å². The maximum absolute atomic E-state index is 10.3. The summed E-state index contributed by atoms with van der Waals surface area (Å²) in [5.41, 5.74) is 0. The molecule has 0 aliphatic rings. The molecule has 0 fully saturated rings. The Morgan fingerprint density at radius 1 is 1.55 bits per heavy atom. The summed E-state index contributed by atoms with van der Waals surface area (Å²) in [6.07, 6.45) is 3.08. The van der Waals surface area contributed by atoms with Gasteiger partial charge in [-0.1, -0.05) is 13.3 Å². The third kappa shape index (κ3) is 7.72. The number of carbonyl (C=O) groups excluding carboxylic acids is 1. The van der Waals surface area contributed by atoms with Crippen molar-refractivity contribution in [1.29, 1.82) is 0 Å². The topological polar surface area (TPSA) is 26.3 Å². The third-order valence-corrected chi connectivity index (χ3v) is 1.89. The van der Waals surface area contributed by atoms with E-state index in [1.54, 1.807) is 0 Å². The van der Waals surface area contributed by atoms with Crippen LogP contribution in [0.4, 0.5) is 0 Å². The Hall–Kier alpha value is -0.180. The minimum Gasteiger partial charge on any atom is -0.466 e. The zero-order chi connectivity index (χ0) is 8.69. The molecule has 0 rings (SSSR count). The normalized spacial score (nSPS) is 12.6. The smallest absolute Gasteiger partial charge is 0.302 e. The van der Waals surface area contributed by atoms with Crippen LogP contribution < -0.4 is 0 Å². The molecule has 0 amide bonds. The van der Waals surface area contributed by atoms with Gasteiger partial charge < -0.3 is 4.74 Å². The molecule has 0 aromatic rings. The molecule has 11 heavy (non-hydrogen) atoms. The lowest BCUT2D eigenvalue weighted by Gasteiger charge is -2.07. The SMILES string of the molecule is CCC[C@H](S)CCOC(C)=O. The molecule has 0 bridgehead atoms. The summed E-state index contributed by atoms with van der Waals surface area (Å²) >= 11 is 4.32. The Morgan fingerprint density at radius 2 is 2.18 bits per heavy atom. The van der Waals surface area contributed by atoms with Crippen molar-refractivity contribution in [3.8, 4) is 0 Å². The van der Waals surface area contributed by atoms with Gasteiger partial charge in [0.15, 0.2) is 0 Å². The Kier molecular flexibility index (Phi) is 6.42. The van der Waals surface area contributed by atoms with Crippen LogP contribution in [0.3, 0.4) is 0 Å². The van der Waals surface area contributed by atoms with Crippen molar-refractivity contribution in [2.75, 3.05) is 6.61 Å². The molecule has 0 aromatic heterocycles. The van der Waals surface area contributed by atoms with Gasteiger partial charge in [-0.3, -0.25) is 4.79 Å². The van der Waals surface area contributed by atoms with E-state index in [-0.39, 0.29) is 5.97 Å². The van der Waals surface area contributed by atoms with Crippen molar-refractivity contribution in [1.82, 2.24) is 0 Å². The van der Waals surface area contributed by atoms with Gasteiger partial charge in [-0.15, -0.1) is 0 Å². The Bertz CT molecular complexity index is 115. The van der Waals surface area contributed by atoms with E-state index in [0.717, 1.165) is 19.3 Å². The summed E-state index contributed by atoms with van der Waals surface area (Å²) in [6, 6.07) is 0. The zero-order valence-corrected chi connectivity index (χ0v) is 8.06. The molecule has 0 radical (unpaired) electrons. The van der Waals surface area contributed by atoms with E-state index < -0.39 is 0 Å². The maximum Gasteiger partial charge on any atom is 0.302 e. The lowest BCUT2D eigenvalue weighted by Crippen LogP contribution is -2.07. The van der Waals surface area contributed by atoms with Gasteiger partial charge in [-0.05, 0) is 12.8 Å². The minimum absolute atomic E-state index is 0.206. The highest BCUT2D eigenvalue weighted by atomic mass is 32.1. The molecule has 0 unspecified atom stereocenters. The Balaban J connectivity index is 3.16. The third-order valence-electron chi connectivity index (χ3n) is 1.38. The lowest BCUT2D eigenvalue weighted by atomic mass is 10.2. The first-order valence-corrected chi connectivity index (χ1v) is 4.50. The van der Waals surface area contributed by atoms with Gasteiger partial charge >= 0.3 is 5.97 Å². The first-order valence-electron chi connectivity index (χ1n) is 3.98. The van der Waals surface area contributed by atoms with E-state index in [9.17, 15) is 4.79 Å². The molecule has 0 aromatic carbocycles. The number of ether oxygens (including phenoxy) is 1. The fourth-order valence-electron chi connectivity index (χ4n) is 0.816. The largest absolute Gasteiger partial charge is 0.466 e. The summed E-state index contributed by atoms with van der Waals surface area (Å²) in [4.78, 5) is 10.3. The van der Waals surface area contributed by atoms with Crippen LogP contribution in [-0.4, -0.2) is 17.8 Å². The molecular formula is C8H16O2S. The molecular weight excluding hydrogens is 160 g/mol. The summed E-state index contributed by atoms with van der Waals surface area (Å²) in [5, 5.41) is 0.374. The Labute approximate surface area is 73.7 Å². The highest BCUT2D eigenvalue weighted by Gasteiger charge is 2.01. The first-order chi connectivity index (χ1) is 5.16. The lowest BCUT2D eigenvalue weighted by molar-refractivity contribution is -0.141. The number of carbonyl (C=O) groups is 1. The molecule has 0 N–H and O–H groups in total. The van der Waals surface area contributed by atoms with Crippen molar-refractivity contribution in [2.45, 2.75) is 38.4 Å². The number of thiol groups is 1. The van der Waals surface area contributed by atoms with Crippen LogP contribution in [0.1, 0.15) is 33.1 Å². The van der Waals surface area contributed by atoms with E-state index in [1.807, 2.05) is 0 Å². The summed E-state index contributed by atoms with van der Waals surface area (Å²) in [7, 11) is 0. The predicted molar refractivity (Wildman–Crippen MR) is 48.9 cm³/mol. The van der Waals surface area contributed by atoms with E-state index in [1.165, 1.54) is 6.92 Å². The van der Waals surface area contributed by atoms with E-state index in [2.05, 4.69) is 19.6 Å². The van der Waals surface area contributed by atoms with Gasteiger partial charge in [0.1, 0.15) is 0 Å². The molecule has 1 atom stereocenters. The first kappa shape index (κ1) is 10.8. The fourth-order valence-corrected chi connectivity index (χ4v) is 1.18. The summed E-state index contributed by atoms with van der Waals surface area (Å²) in [6.45, 7) is 4.05. The molecule has 0 saturated carbocycles. The van der Waals surface area contributed by atoms with Crippen LogP contribution in [0.5, 0.6) is 0 Å². The molecule has 0 aliphatic carbocycles. The van der Waals surface area contributed by atoms with Gasteiger partial charge in [-0.25, -0.2) is 0 Å². The van der Waals surface area contributed by atoms with Crippen LogP contribution >= 0.6 is 12.6 Å². The van der Waals surface area contributed by atoms with Gasteiger partial charge in [-0.2, -0.15) is 12.6 Å². The maximum atomic E-state index is 10.3. The van der Waals surface area contributed by atoms with Crippen LogP contribution in [0.15, 0.2) is 0 Å². The van der Waals surface area contributed by atoms with Crippen molar-refractivity contribution >= 4 is 18.6 Å². The second kappa shape index (κ2) is 6.53. The predicted octanol–water partition coefficient (Wildman–Crippen LogP) is 2.04. The van der Waals surface area contributed by atoms with Crippen molar-refractivity contribution in [3.05, 3.63) is 0 Å².